The van der Waals surface area contributed by atoms with E-state index in [2.05, 4.69) is 11.9 Å². The molecule has 0 aliphatic rings. The average molecular weight is 460 g/mol. The van der Waals surface area contributed by atoms with Crippen molar-refractivity contribution in [3.63, 3.8) is 0 Å². The molecule has 8 nitrogen and oxygen atoms in total. The molecule has 1 rings (SSSR count). The van der Waals surface area contributed by atoms with E-state index in [1.165, 1.54) is 18.2 Å². The van der Waals surface area contributed by atoms with Crippen molar-refractivity contribution in [1.29, 1.82) is 0 Å². The number of rotatable bonds is 9. The van der Waals surface area contributed by atoms with Crippen LogP contribution >= 0.6 is 23.2 Å². The maximum absolute atomic E-state index is 12.5. The first-order chi connectivity index (χ1) is 13.9. The SMILES string of the molecule is C=CCOC(=O)NC(CC(=O)OC(C)(C)C)C(=O)COC(=O)c1c(Cl)cccc1Cl. The Morgan fingerprint density at radius 2 is 1.73 bits per heavy atom. The lowest BCUT2D eigenvalue weighted by Crippen LogP contribution is -2.45. The molecule has 0 fully saturated rings. The molecule has 30 heavy (non-hydrogen) atoms. The Hall–Kier alpha value is -2.58. The summed E-state index contributed by atoms with van der Waals surface area (Å²) in [5.41, 5.74) is -0.892. The first kappa shape index (κ1) is 25.5. The van der Waals surface area contributed by atoms with E-state index >= 15 is 0 Å². The highest BCUT2D eigenvalue weighted by molar-refractivity contribution is 6.39. The van der Waals surface area contributed by atoms with Crippen LogP contribution in [0, 0.1) is 0 Å². The second-order valence-electron chi connectivity index (χ2n) is 7.01. The number of halogens is 2. The molecule has 0 aliphatic heterocycles. The van der Waals surface area contributed by atoms with Crippen LogP contribution in [0.3, 0.4) is 0 Å². The molecule has 0 saturated heterocycles. The molecule has 10 heteroatoms. The number of nitrogens with one attached hydrogen (secondary N) is 1. The summed E-state index contributed by atoms with van der Waals surface area (Å²) in [6.07, 6.45) is -0.0967. The molecule has 1 amide bonds. The molecule has 0 heterocycles. The summed E-state index contributed by atoms with van der Waals surface area (Å²) >= 11 is 11.9. The molecule has 0 aliphatic carbocycles. The van der Waals surface area contributed by atoms with Crippen LogP contribution in [0.4, 0.5) is 4.79 Å². The van der Waals surface area contributed by atoms with Gasteiger partial charge in [0.1, 0.15) is 18.2 Å². The van der Waals surface area contributed by atoms with Crippen molar-refractivity contribution in [2.45, 2.75) is 38.8 Å². The number of Topliss-reactive ketones (excluding diaryl/α,β-unsaturated/α-hetero) is 1. The van der Waals surface area contributed by atoms with Gasteiger partial charge in [-0.3, -0.25) is 9.59 Å². The lowest BCUT2D eigenvalue weighted by molar-refractivity contribution is -0.156. The molecular formula is C20H23Cl2NO7. The molecule has 1 aromatic carbocycles. The van der Waals surface area contributed by atoms with Gasteiger partial charge < -0.3 is 19.5 Å². The van der Waals surface area contributed by atoms with Crippen LogP contribution in [0.25, 0.3) is 0 Å². The number of amides is 1. The highest BCUT2D eigenvalue weighted by Crippen LogP contribution is 2.25. The van der Waals surface area contributed by atoms with E-state index in [0.717, 1.165) is 0 Å². The number of ether oxygens (including phenoxy) is 3. The molecule has 1 N–H and O–H groups in total. The standard InChI is InChI=1S/C20H23Cl2NO7/c1-5-9-28-19(27)23-14(10-16(25)30-20(2,3)4)15(24)11-29-18(26)17-12(21)7-6-8-13(17)22/h5-8,14H,1,9-11H2,2-4H3,(H,23,27). The topological polar surface area (TPSA) is 108 Å². The van der Waals surface area contributed by atoms with Gasteiger partial charge in [0.2, 0.25) is 0 Å². The van der Waals surface area contributed by atoms with E-state index in [1.54, 1.807) is 26.8 Å². The van der Waals surface area contributed by atoms with Gasteiger partial charge in [-0.25, -0.2) is 9.59 Å². The van der Waals surface area contributed by atoms with E-state index in [4.69, 9.17) is 37.4 Å². The monoisotopic (exact) mass is 459 g/mol. The molecule has 1 atom stereocenters. The number of benzene rings is 1. The van der Waals surface area contributed by atoms with Crippen molar-refractivity contribution in [2.75, 3.05) is 13.2 Å². The molecule has 0 saturated carbocycles. The number of hydrogen-bond donors (Lipinski definition) is 1. The van der Waals surface area contributed by atoms with Gasteiger partial charge in [0.15, 0.2) is 12.4 Å². The number of hydrogen-bond acceptors (Lipinski definition) is 7. The quantitative estimate of drug-likeness (QED) is 0.340. The van der Waals surface area contributed by atoms with Gasteiger partial charge in [0, 0.05) is 0 Å². The van der Waals surface area contributed by atoms with Crippen molar-refractivity contribution in [2.24, 2.45) is 0 Å². The van der Waals surface area contributed by atoms with Crippen LogP contribution in [-0.2, 0) is 23.8 Å². The number of ketones is 1. The molecular weight excluding hydrogens is 437 g/mol. The number of carbonyl (C=O) groups is 4. The van der Waals surface area contributed by atoms with Crippen molar-refractivity contribution in [1.82, 2.24) is 5.32 Å². The number of alkyl carbamates (subject to hydrolysis) is 1. The van der Waals surface area contributed by atoms with E-state index in [1.807, 2.05) is 0 Å². The normalized spacial score (nSPS) is 11.8. The predicted molar refractivity (Wildman–Crippen MR) is 111 cm³/mol. The van der Waals surface area contributed by atoms with Crippen LogP contribution in [0.2, 0.25) is 10.0 Å². The molecule has 0 bridgehead atoms. The summed E-state index contributed by atoms with van der Waals surface area (Å²) in [6, 6.07) is 3.08. The first-order valence-corrected chi connectivity index (χ1v) is 9.60. The van der Waals surface area contributed by atoms with E-state index < -0.39 is 48.5 Å². The first-order valence-electron chi connectivity index (χ1n) is 8.84. The smallest absolute Gasteiger partial charge is 0.408 e. The van der Waals surface area contributed by atoms with Gasteiger partial charge >= 0.3 is 18.0 Å². The third-order valence-electron chi connectivity index (χ3n) is 3.32. The fraction of sp³-hybridized carbons (Fsp3) is 0.400. The van der Waals surface area contributed by atoms with Crippen molar-refractivity contribution < 1.29 is 33.4 Å². The minimum Gasteiger partial charge on any atom is -0.460 e. The van der Waals surface area contributed by atoms with Crippen LogP contribution in [0.5, 0.6) is 0 Å². The minimum atomic E-state index is -1.34. The molecule has 0 radical (unpaired) electrons. The average Bonchev–Trinajstić information content (AvgIpc) is 2.62. The summed E-state index contributed by atoms with van der Waals surface area (Å²) in [5, 5.41) is 2.36. The van der Waals surface area contributed by atoms with Crippen LogP contribution in [0.1, 0.15) is 37.6 Å². The van der Waals surface area contributed by atoms with Gasteiger partial charge in [0.05, 0.1) is 22.0 Å². The Balaban J connectivity index is 2.84. The van der Waals surface area contributed by atoms with Gasteiger partial charge in [0.25, 0.3) is 0 Å². The summed E-state index contributed by atoms with van der Waals surface area (Å²) in [7, 11) is 0. The van der Waals surface area contributed by atoms with Crippen molar-refractivity contribution in [3.05, 3.63) is 46.5 Å². The Morgan fingerprint density at radius 1 is 1.13 bits per heavy atom. The van der Waals surface area contributed by atoms with Crippen LogP contribution in [-0.4, -0.2) is 48.7 Å². The minimum absolute atomic E-state index is 0.0522. The number of carbonyl (C=O) groups excluding carboxylic acids is 4. The molecule has 164 valence electrons. The Morgan fingerprint density at radius 3 is 2.27 bits per heavy atom. The van der Waals surface area contributed by atoms with Gasteiger partial charge in [-0.1, -0.05) is 41.9 Å². The highest BCUT2D eigenvalue weighted by atomic mass is 35.5. The summed E-state index contributed by atoms with van der Waals surface area (Å²) in [4.78, 5) is 48.6. The highest BCUT2D eigenvalue weighted by Gasteiger charge is 2.28. The predicted octanol–water partition coefficient (Wildman–Crippen LogP) is 3.73. The zero-order valence-electron chi connectivity index (χ0n) is 16.8. The van der Waals surface area contributed by atoms with E-state index in [-0.39, 0.29) is 22.2 Å². The number of esters is 2. The van der Waals surface area contributed by atoms with E-state index in [9.17, 15) is 19.2 Å². The molecule has 1 unspecified atom stereocenters. The fourth-order valence-electron chi connectivity index (χ4n) is 2.12. The molecule has 1 aromatic rings. The van der Waals surface area contributed by atoms with Crippen molar-refractivity contribution >= 4 is 47.0 Å². The largest absolute Gasteiger partial charge is 0.460 e. The van der Waals surface area contributed by atoms with Gasteiger partial charge in [-0.15, -0.1) is 0 Å². The maximum atomic E-state index is 12.5. The molecule has 0 spiro atoms. The summed E-state index contributed by atoms with van der Waals surface area (Å²) < 4.78 is 14.9. The third-order valence-corrected chi connectivity index (χ3v) is 3.95. The Labute approximate surface area is 184 Å². The van der Waals surface area contributed by atoms with Crippen LogP contribution < -0.4 is 5.32 Å². The summed E-state index contributed by atoms with van der Waals surface area (Å²) in [6.45, 7) is 7.53. The van der Waals surface area contributed by atoms with Gasteiger partial charge in [-0.2, -0.15) is 0 Å². The zero-order valence-corrected chi connectivity index (χ0v) is 18.3. The third kappa shape index (κ3) is 8.84. The Bertz CT molecular complexity index is 798. The zero-order chi connectivity index (χ0) is 22.9. The summed E-state index contributed by atoms with van der Waals surface area (Å²) in [5.74, 6) is -2.41. The second kappa shape index (κ2) is 11.6. The second-order valence-corrected chi connectivity index (χ2v) is 7.83. The Kier molecular flexibility index (Phi) is 9.81. The molecule has 0 aromatic heterocycles. The fourth-order valence-corrected chi connectivity index (χ4v) is 2.67. The van der Waals surface area contributed by atoms with E-state index in [0.29, 0.717) is 0 Å². The lowest BCUT2D eigenvalue weighted by atomic mass is 10.1. The maximum Gasteiger partial charge on any atom is 0.408 e. The lowest BCUT2D eigenvalue weighted by Gasteiger charge is -2.22. The van der Waals surface area contributed by atoms with Crippen molar-refractivity contribution in [3.8, 4) is 0 Å². The van der Waals surface area contributed by atoms with Crippen LogP contribution in [0.15, 0.2) is 30.9 Å². The van der Waals surface area contributed by atoms with Gasteiger partial charge in [-0.05, 0) is 32.9 Å².